The summed E-state index contributed by atoms with van der Waals surface area (Å²) >= 11 is 7.61. The third-order valence-electron chi connectivity index (χ3n) is 1.74. The Morgan fingerprint density at radius 3 is 2.69 bits per heavy atom. The van der Waals surface area contributed by atoms with E-state index in [1.165, 1.54) is 18.2 Å². The summed E-state index contributed by atoms with van der Waals surface area (Å²) in [5.41, 5.74) is 0.310. The lowest BCUT2D eigenvalue weighted by atomic mass is 10.2. The molecule has 0 unspecified atom stereocenters. The number of hydrogen-bond donors (Lipinski definition) is 0. The van der Waals surface area contributed by atoms with Crippen molar-refractivity contribution in [1.82, 2.24) is 10.2 Å². The van der Waals surface area contributed by atoms with Gasteiger partial charge in [0.25, 0.3) is 9.58 Å². The lowest BCUT2D eigenvalue weighted by molar-refractivity contribution is -0.384. The molecule has 0 radical (unpaired) electrons. The van der Waals surface area contributed by atoms with E-state index in [1.54, 1.807) is 0 Å². The standard InChI is InChI=1S/C8H3ClIN3O3/c9-5-1-4(2-6(3-5)13(14)15)7-11-12-8(10)16-7/h1-3H. The highest BCUT2D eigenvalue weighted by Crippen LogP contribution is 2.27. The second-order valence-electron chi connectivity index (χ2n) is 2.82. The Bertz CT molecular complexity index is 557. The molecule has 1 aromatic carbocycles. The number of hydrogen-bond acceptors (Lipinski definition) is 5. The van der Waals surface area contributed by atoms with Crippen molar-refractivity contribution in [3.8, 4) is 11.5 Å². The van der Waals surface area contributed by atoms with Gasteiger partial charge in [0, 0.05) is 45.3 Å². The van der Waals surface area contributed by atoms with Crippen LogP contribution in [-0.4, -0.2) is 15.1 Å². The fourth-order valence-corrected chi connectivity index (χ4v) is 1.67. The summed E-state index contributed by atoms with van der Waals surface area (Å²) < 4.78 is 5.50. The highest BCUT2D eigenvalue weighted by atomic mass is 127. The zero-order valence-corrected chi connectivity index (χ0v) is 10.5. The molecule has 1 aromatic heterocycles. The topological polar surface area (TPSA) is 82.1 Å². The zero-order chi connectivity index (χ0) is 11.7. The molecule has 0 bridgehead atoms. The highest BCUT2D eigenvalue weighted by Gasteiger charge is 2.13. The second-order valence-corrected chi connectivity index (χ2v) is 4.17. The van der Waals surface area contributed by atoms with E-state index in [2.05, 4.69) is 10.2 Å². The predicted octanol–water partition coefficient (Wildman–Crippen LogP) is 2.90. The van der Waals surface area contributed by atoms with Gasteiger partial charge in [-0.1, -0.05) is 11.6 Å². The van der Waals surface area contributed by atoms with Gasteiger partial charge in [0.1, 0.15) is 0 Å². The van der Waals surface area contributed by atoms with E-state index in [1.807, 2.05) is 22.6 Å². The van der Waals surface area contributed by atoms with Crippen molar-refractivity contribution in [1.29, 1.82) is 0 Å². The fraction of sp³-hybridized carbons (Fsp3) is 0. The Hall–Kier alpha value is -1.22. The Morgan fingerprint density at radius 1 is 1.38 bits per heavy atom. The Morgan fingerprint density at radius 2 is 2.12 bits per heavy atom. The van der Waals surface area contributed by atoms with Crippen molar-refractivity contribution in [3.63, 3.8) is 0 Å². The van der Waals surface area contributed by atoms with Crippen LogP contribution in [0.4, 0.5) is 5.69 Å². The van der Waals surface area contributed by atoms with E-state index in [9.17, 15) is 10.1 Å². The average molecular weight is 351 g/mol. The highest BCUT2D eigenvalue weighted by molar-refractivity contribution is 14.1. The van der Waals surface area contributed by atoms with E-state index >= 15 is 0 Å². The predicted molar refractivity (Wildman–Crippen MR) is 64.1 cm³/mol. The van der Waals surface area contributed by atoms with Crippen LogP contribution in [0.25, 0.3) is 11.5 Å². The number of aromatic nitrogens is 2. The summed E-state index contributed by atoms with van der Waals surface area (Å²) in [6.07, 6.45) is 0. The Labute approximate surface area is 108 Å². The summed E-state index contributed by atoms with van der Waals surface area (Å²) in [5, 5.41) is 18.2. The summed E-state index contributed by atoms with van der Waals surface area (Å²) in [6, 6.07) is 4.11. The van der Waals surface area contributed by atoms with Crippen LogP contribution in [0.3, 0.4) is 0 Å². The van der Waals surface area contributed by atoms with Crippen molar-refractivity contribution >= 4 is 39.9 Å². The average Bonchev–Trinajstić information content (AvgIpc) is 2.64. The molecule has 0 fully saturated rings. The van der Waals surface area contributed by atoms with E-state index in [0.717, 1.165) is 0 Å². The molecule has 0 aliphatic rings. The molecule has 0 N–H and O–H groups in total. The van der Waals surface area contributed by atoms with Crippen molar-refractivity contribution in [2.75, 3.05) is 0 Å². The van der Waals surface area contributed by atoms with Gasteiger partial charge < -0.3 is 4.42 Å². The van der Waals surface area contributed by atoms with Crippen LogP contribution in [0, 0.1) is 14.0 Å². The van der Waals surface area contributed by atoms with Crippen LogP contribution in [0.2, 0.25) is 5.02 Å². The Kier molecular flexibility index (Phi) is 3.06. The first-order valence-corrected chi connectivity index (χ1v) is 5.46. The van der Waals surface area contributed by atoms with Gasteiger partial charge in [0.05, 0.1) is 4.92 Å². The number of non-ortho nitro benzene ring substituents is 1. The van der Waals surface area contributed by atoms with Gasteiger partial charge in [-0.3, -0.25) is 10.1 Å². The van der Waals surface area contributed by atoms with Crippen molar-refractivity contribution in [2.45, 2.75) is 0 Å². The number of nitro groups is 1. The minimum atomic E-state index is -0.531. The van der Waals surface area contributed by atoms with E-state index in [4.69, 9.17) is 16.0 Å². The molecule has 1 heterocycles. The third kappa shape index (κ3) is 2.30. The number of halogens is 2. The minimum Gasteiger partial charge on any atom is -0.412 e. The first-order chi connectivity index (χ1) is 7.56. The molecule has 6 nitrogen and oxygen atoms in total. The minimum absolute atomic E-state index is 0.115. The summed E-state index contributed by atoms with van der Waals surface area (Å²) in [6.45, 7) is 0. The number of nitro benzene ring substituents is 1. The molecule has 0 saturated heterocycles. The van der Waals surface area contributed by atoms with Gasteiger partial charge in [-0.2, -0.15) is 0 Å². The zero-order valence-electron chi connectivity index (χ0n) is 7.55. The van der Waals surface area contributed by atoms with E-state index in [0.29, 0.717) is 9.46 Å². The lowest BCUT2D eigenvalue weighted by Gasteiger charge is -1.96. The number of nitrogens with zero attached hydrogens (tertiary/aromatic N) is 3. The molecule has 2 aromatic rings. The van der Waals surface area contributed by atoms with Gasteiger partial charge >= 0.3 is 0 Å². The monoisotopic (exact) mass is 351 g/mol. The van der Waals surface area contributed by atoms with Crippen molar-refractivity contribution in [2.24, 2.45) is 0 Å². The normalized spacial score (nSPS) is 10.4. The first kappa shape index (κ1) is 11.3. The van der Waals surface area contributed by atoms with Crippen LogP contribution in [0.5, 0.6) is 0 Å². The molecule has 2 rings (SSSR count). The SMILES string of the molecule is O=[N+]([O-])c1cc(Cl)cc(-c2nnc(I)o2)c1. The summed E-state index contributed by atoms with van der Waals surface area (Å²) in [5.74, 6) is 0.204. The van der Waals surface area contributed by atoms with Crippen molar-refractivity contribution < 1.29 is 9.34 Å². The number of rotatable bonds is 2. The molecular formula is C8H3ClIN3O3. The Balaban J connectivity index is 2.53. The largest absolute Gasteiger partial charge is 0.412 e. The van der Waals surface area contributed by atoms with Crippen LogP contribution in [-0.2, 0) is 0 Å². The van der Waals surface area contributed by atoms with Gasteiger partial charge in [-0.15, -0.1) is 10.2 Å². The molecule has 0 aliphatic heterocycles. The fourth-order valence-electron chi connectivity index (χ4n) is 1.13. The van der Waals surface area contributed by atoms with Crippen LogP contribution in [0.1, 0.15) is 0 Å². The maximum Gasteiger partial charge on any atom is 0.278 e. The molecule has 0 spiro atoms. The van der Waals surface area contributed by atoms with Gasteiger partial charge in [0.15, 0.2) is 0 Å². The molecule has 0 amide bonds. The van der Waals surface area contributed by atoms with E-state index < -0.39 is 4.92 Å². The maximum atomic E-state index is 10.6. The quantitative estimate of drug-likeness (QED) is 0.472. The van der Waals surface area contributed by atoms with Crippen LogP contribution in [0.15, 0.2) is 22.6 Å². The number of benzene rings is 1. The van der Waals surface area contributed by atoms with Crippen LogP contribution >= 0.6 is 34.2 Å². The summed E-state index contributed by atoms with van der Waals surface area (Å²) in [4.78, 5) is 10.1. The summed E-state index contributed by atoms with van der Waals surface area (Å²) in [7, 11) is 0. The van der Waals surface area contributed by atoms with Gasteiger partial charge in [0.2, 0.25) is 5.89 Å². The molecule has 0 saturated carbocycles. The van der Waals surface area contributed by atoms with Gasteiger partial charge in [-0.05, 0) is 6.07 Å². The smallest absolute Gasteiger partial charge is 0.278 e. The molecule has 8 heteroatoms. The van der Waals surface area contributed by atoms with Crippen molar-refractivity contribution in [3.05, 3.63) is 37.2 Å². The molecule has 0 atom stereocenters. The molecule has 16 heavy (non-hydrogen) atoms. The van der Waals surface area contributed by atoms with E-state index in [-0.39, 0.29) is 16.6 Å². The lowest BCUT2D eigenvalue weighted by Crippen LogP contribution is -1.89. The van der Waals surface area contributed by atoms with Crippen LogP contribution < -0.4 is 0 Å². The second kappa shape index (κ2) is 4.34. The molecule has 0 aliphatic carbocycles. The van der Waals surface area contributed by atoms with Gasteiger partial charge in [-0.25, -0.2) is 0 Å². The first-order valence-electron chi connectivity index (χ1n) is 4.00. The maximum absolute atomic E-state index is 10.6. The molecular weight excluding hydrogens is 348 g/mol. The third-order valence-corrected chi connectivity index (χ3v) is 2.39. The molecule has 82 valence electrons.